The molecule has 2 amide bonds. The lowest BCUT2D eigenvalue weighted by molar-refractivity contribution is 0.0912. The molecule has 0 aliphatic carbocycles. The number of hydrogen-bond acceptors (Lipinski definition) is 4. The van der Waals surface area contributed by atoms with Crippen LogP contribution in [0.3, 0.4) is 0 Å². The zero-order valence-electron chi connectivity index (χ0n) is 13.4. The number of carbonyl (C=O) groups is 2. The maximum Gasteiger partial charge on any atom is 0.287 e. The molecule has 2 N–H and O–H groups in total. The summed E-state index contributed by atoms with van der Waals surface area (Å²) in [5.74, 6) is 0.0687. The number of furan rings is 1. The minimum atomic E-state index is -0.375. The number of carbonyl (C=O) groups excluding carboxylic acids is 2. The Hall–Kier alpha value is -2.28. The fraction of sp³-hybridized carbons (Fsp3) is 0.111. The van der Waals surface area contributed by atoms with E-state index in [1.165, 1.54) is 11.3 Å². The molecule has 0 atom stereocenters. The number of nitrogens with one attached hydrogen (secondary N) is 2. The van der Waals surface area contributed by atoms with Crippen molar-refractivity contribution in [2.75, 3.05) is 13.1 Å². The second kappa shape index (κ2) is 8.40. The largest absolute Gasteiger partial charge is 0.451 e. The summed E-state index contributed by atoms with van der Waals surface area (Å²) in [6.07, 6.45) is 0. The van der Waals surface area contributed by atoms with Crippen LogP contribution in [0.1, 0.15) is 20.2 Å². The van der Waals surface area contributed by atoms with Crippen molar-refractivity contribution in [1.82, 2.24) is 10.6 Å². The van der Waals surface area contributed by atoms with Crippen LogP contribution < -0.4 is 10.6 Å². The summed E-state index contributed by atoms with van der Waals surface area (Å²) in [6.45, 7) is 0.597. The van der Waals surface area contributed by atoms with Gasteiger partial charge in [-0.3, -0.25) is 9.59 Å². The molecule has 0 bridgehead atoms. The highest BCUT2D eigenvalue weighted by atomic mass is 35.5. The molecule has 3 aromatic rings. The molecule has 5 nitrogen and oxygen atoms in total. The van der Waals surface area contributed by atoms with Gasteiger partial charge in [-0.25, -0.2) is 0 Å². The van der Waals surface area contributed by atoms with Crippen LogP contribution in [-0.2, 0) is 0 Å². The van der Waals surface area contributed by atoms with Gasteiger partial charge in [0.05, 0.1) is 14.9 Å². The number of halogens is 2. The lowest BCUT2D eigenvalue weighted by Gasteiger charge is -2.05. The smallest absolute Gasteiger partial charge is 0.287 e. The molecule has 26 heavy (non-hydrogen) atoms. The van der Waals surface area contributed by atoms with Crippen LogP contribution in [-0.4, -0.2) is 24.9 Å². The third kappa shape index (κ3) is 4.27. The van der Waals surface area contributed by atoms with Crippen molar-refractivity contribution in [3.05, 3.63) is 68.5 Å². The lowest BCUT2D eigenvalue weighted by Crippen LogP contribution is -2.34. The zero-order valence-corrected chi connectivity index (χ0v) is 15.8. The van der Waals surface area contributed by atoms with Gasteiger partial charge in [-0.05, 0) is 35.7 Å². The first-order chi connectivity index (χ1) is 12.6. The maximum absolute atomic E-state index is 12.1. The Morgan fingerprint density at radius 1 is 0.962 bits per heavy atom. The Bertz CT molecular complexity index is 922. The van der Waals surface area contributed by atoms with Gasteiger partial charge in [-0.2, -0.15) is 0 Å². The first-order valence-corrected chi connectivity index (χ1v) is 9.34. The molecule has 0 saturated carbocycles. The summed E-state index contributed by atoms with van der Waals surface area (Å²) in [6, 6.07) is 12.0. The average molecular weight is 409 g/mol. The number of hydrogen-bond donors (Lipinski definition) is 2. The van der Waals surface area contributed by atoms with E-state index < -0.39 is 0 Å². The monoisotopic (exact) mass is 408 g/mol. The van der Waals surface area contributed by atoms with Crippen LogP contribution in [0.5, 0.6) is 0 Å². The molecule has 8 heteroatoms. The van der Waals surface area contributed by atoms with E-state index in [1.807, 2.05) is 11.4 Å². The standard InChI is InChI=1S/C18H14Cl2N2O3S/c19-12-4-1-3-11(16(12)20)13-6-7-14(25-13)17(23)21-8-9-22-18(24)15-5-2-10-26-15/h1-7,10H,8-9H2,(H,21,23)(H,22,24). The highest BCUT2D eigenvalue weighted by molar-refractivity contribution is 7.12. The highest BCUT2D eigenvalue weighted by Crippen LogP contribution is 2.34. The van der Waals surface area contributed by atoms with Gasteiger partial charge in [-0.1, -0.05) is 35.3 Å². The van der Waals surface area contributed by atoms with E-state index >= 15 is 0 Å². The molecule has 0 saturated heterocycles. The van der Waals surface area contributed by atoms with Crippen molar-refractivity contribution in [3.63, 3.8) is 0 Å². The molecule has 2 aromatic heterocycles. The van der Waals surface area contributed by atoms with Gasteiger partial charge < -0.3 is 15.1 Å². The third-order valence-corrected chi connectivity index (χ3v) is 5.18. The SMILES string of the molecule is O=C(NCCNC(=O)c1cccs1)c1ccc(-c2cccc(Cl)c2Cl)o1. The van der Waals surface area contributed by atoms with Crippen molar-refractivity contribution < 1.29 is 14.0 Å². The van der Waals surface area contributed by atoms with Gasteiger partial charge in [-0.15, -0.1) is 11.3 Å². The van der Waals surface area contributed by atoms with Crippen LogP contribution in [0.2, 0.25) is 10.0 Å². The average Bonchev–Trinajstić information content (AvgIpc) is 3.32. The second-order valence-electron chi connectivity index (χ2n) is 5.25. The molecule has 1 aromatic carbocycles. The number of amides is 2. The van der Waals surface area contributed by atoms with E-state index in [0.717, 1.165) is 0 Å². The van der Waals surface area contributed by atoms with E-state index in [-0.39, 0.29) is 24.1 Å². The summed E-state index contributed by atoms with van der Waals surface area (Å²) in [7, 11) is 0. The van der Waals surface area contributed by atoms with Crippen LogP contribution >= 0.6 is 34.5 Å². The molecule has 0 spiro atoms. The fourth-order valence-electron chi connectivity index (χ4n) is 2.23. The Labute approximate surface area is 163 Å². The zero-order chi connectivity index (χ0) is 18.5. The Morgan fingerprint density at radius 2 is 1.73 bits per heavy atom. The van der Waals surface area contributed by atoms with Gasteiger partial charge >= 0.3 is 0 Å². The minimum absolute atomic E-state index is 0.153. The molecular weight excluding hydrogens is 395 g/mol. The van der Waals surface area contributed by atoms with Crippen molar-refractivity contribution in [2.45, 2.75) is 0 Å². The third-order valence-electron chi connectivity index (χ3n) is 3.49. The summed E-state index contributed by atoms with van der Waals surface area (Å²) in [4.78, 5) is 24.6. The van der Waals surface area contributed by atoms with E-state index in [2.05, 4.69) is 10.6 Å². The first-order valence-electron chi connectivity index (χ1n) is 7.70. The molecular formula is C18H14Cl2N2O3S. The van der Waals surface area contributed by atoms with Crippen LogP contribution in [0.15, 0.2) is 52.3 Å². The number of rotatable bonds is 6. The topological polar surface area (TPSA) is 71.3 Å². The van der Waals surface area contributed by atoms with E-state index in [0.29, 0.717) is 32.8 Å². The molecule has 134 valence electrons. The Morgan fingerprint density at radius 3 is 2.46 bits per heavy atom. The molecule has 0 radical (unpaired) electrons. The van der Waals surface area contributed by atoms with Crippen LogP contribution in [0.25, 0.3) is 11.3 Å². The van der Waals surface area contributed by atoms with Crippen LogP contribution in [0, 0.1) is 0 Å². The van der Waals surface area contributed by atoms with Crippen LogP contribution in [0.4, 0.5) is 0 Å². The number of benzene rings is 1. The fourth-order valence-corrected chi connectivity index (χ4v) is 3.27. The van der Waals surface area contributed by atoms with Crippen molar-refractivity contribution in [1.29, 1.82) is 0 Å². The van der Waals surface area contributed by atoms with Gasteiger partial charge in [0.1, 0.15) is 5.76 Å². The van der Waals surface area contributed by atoms with Gasteiger partial charge in [0.2, 0.25) is 0 Å². The maximum atomic E-state index is 12.1. The van der Waals surface area contributed by atoms with Gasteiger partial charge in [0, 0.05) is 18.7 Å². The van der Waals surface area contributed by atoms with Crippen molar-refractivity contribution >= 4 is 46.4 Å². The molecule has 0 aliphatic rings. The Balaban J connectivity index is 1.53. The summed E-state index contributed by atoms with van der Waals surface area (Å²) >= 11 is 13.5. The summed E-state index contributed by atoms with van der Waals surface area (Å²) in [5.41, 5.74) is 0.612. The first kappa shape index (κ1) is 18.5. The predicted molar refractivity (Wildman–Crippen MR) is 103 cm³/mol. The summed E-state index contributed by atoms with van der Waals surface area (Å²) < 4.78 is 5.56. The molecule has 0 fully saturated rings. The normalized spacial score (nSPS) is 10.5. The van der Waals surface area contributed by atoms with E-state index in [4.69, 9.17) is 27.6 Å². The van der Waals surface area contributed by atoms with E-state index in [9.17, 15) is 9.59 Å². The second-order valence-corrected chi connectivity index (χ2v) is 6.99. The van der Waals surface area contributed by atoms with Gasteiger partial charge in [0.25, 0.3) is 11.8 Å². The minimum Gasteiger partial charge on any atom is -0.451 e. The lowest BCUT2D eigenvalue weighted by atomic mass is 10.2. The molecule has 0 unspecified atom stereocenters. The molecule has 2 heterocycles. The van der Waals surface area contributed by atoms with Crippen molar-refractivity contribution in [3.8, 4) is 11.3 Å². The predicted octanol–water partition coefficient (Wildman–Crippen LogP) is 4.47. The summed E-state index contributed by atoms with van der Waals surface area (Å²) in [5, 5.41) is 8.03. The quantitative estimate of drug-likeness (QED) is 0.590. The highest BCUT2D eigenvalue weighted by Gasteiger charge is 2.15. The molecule has 0 aliphatic heterocycles. The number of thiophene rings is 1. The van der Waals surface area contributed by atoms with Crippen molar-refractivity contribution in [2.24, 2.45) is 0 Å². The molecule has 3 rings (SSSR count). The Kier molecular flexibility index (Phi) is 5.98. The van der Waals surface area contributed by atoms with Gasteiger partial charge in [0.15, 0.2) is 5.76 Å². The van der Waals surface area contributed by atoms with E-state index in [1.54, 1.807) is 36.4 Å².